The molecule has 0 aromatic carbocycles. The van der Waals surface area contributed by atoms with E-state index in [1.807, 2.05) is 0 Å². The summed E-state index contributed by atoms with van der Waals surface area (Å²) in [6.45, 7) is 2.24. The minimum Gasteiger partial charge on any atom is -0.316 e. The van der Waals surface area contributed by atoms with Crippen LogP contribution < -0.4 is 5.32 Å². The molecule has 2 aliphatic carbocycles. The second-order valence-corrected chi connectivity index (χ2v) is 9.97. The van der Waals surface area contributed by atoms with Gasteiger partial charge in [0.25, 0.3) is 0 Å². The van der Waals surface area contributed by atoms with Crippen LogP contribution in [-0.2, 0) is 24.1 Å². The molecular formula is C20H25N5OS2. The standard InChI is InChI=1S/C20H25N5OS2/c1-12-6-7-14-15(10-21)19(28-16(14)8-12)23-18(26)11-27-20-22-17(24-25-20)9-13-4-2-3-5-13/h12-13H,2-9,11H2,1H3,(H,23,26)(H,22,24,25). The van der Waals surface area contributed by atoms with E-state index < -0.39 is 0 Å². The first-order valence-corrected chi connectivity index (χ1v) is 11.8. The SMILES string of the molecule is CC1CCc2c(sc(NC(=O)CSc3n[nH]c(CC4CCCC4)n3)c2C#N)C1. The normalized spacial score (nSPS) is 19.4. The smallest absolute Gasteiger partial charge is 0.235 e. The Labute approximate surface area is 173 Å². The van der Waals surface area contributed by atoms with Crippen molar-refractivity contribution in [2.45, 2.75) is 63.4 Å². The van der Waals surface area contributed by atoms with Crippen molar-refractivity contribution >= 4 is 34.0 Å². The number of aromatic nitrogens is 3. The van der Waals surface area contributed by atoms with Gasteiger partial charge in [-0.05, 0) is 36.7 Å². The molecule has 2 aromatic heterocycles. The summed E-state index contributed by atoms with van der Waals surface area (Å²) in [4.78, 5) is 18.2. The average molecular weight is 416 g/mol. The van der Waals surface area contributed by atoms with Gasteiger partial charge in [-0.2, -0.15) is 5.26 Å². The van der Waals surface area contributed by atoms with E-state index in [0.717, 1.165) is 37.1 Å². The lowest BCUT2D eigenvalue weighted by Crippen LogP contribution is -2.14. The van der Waals surface area contributed by atoms with Gasteiger partial charge in [-0.25, -0.2) is 4.98 Å². The Bertz CT molecular complexity index is 891. The van der Waals surface area contributed by atoms with Gasteiger partial charge in [0.15, 0.2) is 0 Å². The lowest BCUT2D eigenvalue weighted by Gasteiger charge is -2.17. The first kappa shape index (κ1) is 19.5. The topological polar surface area (TPSA) is 94.5 Å². The Balaban J connectivity index is 1.33. The fourth-order valence-corrected chi connectivity index (χ4v) is 6.17. The summed E-state index contributed by atoms with van der Waals surface area (Å²) in [5.74, 6) is 2.40. The molecule has 8 heteroatoms. The molecule has 1 atom stereocenters. The number of nitriles is 1. The monoisotopic (exact) mass is 415 g/mol. The zero-order chi connectivity index (χ0) is 19.5. The maximum Gasteiger partial charge on any atom is 0.235 e. The van der Waals surface area contributed by atoms with E-state index in [2.05, 4.69) is 33.5 Å². The van der Waals surface area contributed by atoms with Gasteiger partial charge >= 0.3 is 0 Å². The minimum absolute atomic E-state index is 0.115. The molecule has 2 heterocycles. The Morgan fingerprint density at radius 1 is 1.39 bits per heavy atom. The number of thioether (sulfide) groups is 1. The second kappa shape index (κ2) is 8.66. The predicted molar refractivity (Wildman–Crippen MR) is 112 cm³/mol. The molecule has 2 aromatic rings. The van der Waals surface area contributed by atoms with Gasteiger partial charge in [0.2, 0.25) is 11.1 Å². The number of fused-ring (bicyclic) bond motifs is 1. The van der Waals surface area contributed by atoms with Gasteiger partial charge in [0, 0.05) is 11.3 Å². The van der Waals surface area contributed by atoms with Crippen molar-refractivity contribution in [1.82, 2.24) is 15.2 Å². The summed E-state index contributed by atoms with van der Waals surface area (Å²) in [5, 5.41) is 21.0. The second-order valence-electron chi connectivity index (χ2n) is 7.92. The highest BCUT2D eigenvalue weighted by Crippen LogP contribution is 2.39. The molecule has 0 aliphatic heterocycles. The third-order valence-electron chi connectivity index (χ3n) is 5.68. The number of nitrogens with zero attached hydrogens (tertiary/aromatic N) is 3. The fraction of sp³-hybridized carbons (Fsp3) is 0.600. The van der Waals surface area contributed by atoms with Crippen molar-refractivity contribution in [1.29, 1.82) is 5.26 Å². The van der Waals surface area contributed by atoms with Crippen molar-refractivity contribution in [2.75, 3.05) is 11.1 Å². The Morgan fingerprint density at radius 2 is 2.21 bits per heavy atom. The van der Waals surface area contributed by atoms with Crippen molar-refractivity contribution in [3.05, 3.63) is 21.8 Å². The zero-order valence-corrected chi connectivity index (χ0v) is 17.7. The fourth-order valence-electron chi connectivity index (χ4n) is 4.17. The van der Waals surface area contributed by atoms with Crippen LogP contribution in [0.3, 0.4) is 0 Å². The maximum absolute atomic E-state index is 12.4. The number of H-pyrrole nitrogens is 1. The molecular weight excluding hydrogens is 390 g/mol. The zero-order valence-electron chi connectivity index (χ0n) is 16.1. The third kappa shape index (κ3) is 4.41. The van der Waals surface area contributed by atoms with Crippen molar-refractivity contribution in [3.8, 4) is 6.07 Å². The number of aromatic amines is 1. The molecule has 0 bridgehead atoms. The number of hydrogen-bond donors (Lipinski definition) is 2. The Morgan fingerprint density at radius 3 is 3.00 bits per heavy atom. The van der Waals surface area contributed by atoms with Gasteiger partial charge in [-0.1, -0.05) is 44.4 Å². The number of hydrogen-bond acceptors (Lipinski definition) is 6. The molecule has 1 unspecified atom stereocenters. The first-order valence-electron chi connectivity index (χ1n) is 10.0. The largest absolute Gasteiger partial charge is 0.316 e. The molecule has 2 aliphatic rings. The third-order valence-corrected chi connectivity index (χ3v) is 7.69. The quantitative estimate of drug-likeness (QED) is 0.685. The number of carbonyl (C=O) groups excluding carboxylic acids is 1. The molecule has 148 valence electrons. The number of thiophene rings is 1. The van der Waals surface area contributed by atoms with Crippen molar-refractivity contribution in [3.63, 3.8) is 0 Å². The van der Waals surface area contributed by atoms with Gasteiger partial charge in [-0.15, -0.1) is 16.4 Å². The van der Waals surface area contributed by atoms with Crippen LogP contribution in [0.25, 0.3) is 0 Å². The molecule has 0 spiro atoms. The van der Waals surface area contributed by atoms with Crippen LogP contribution in [0, 0.1) is 23.2 Å². The van der Waals surface area contributed by atoms with Crippen LogP contribution in [-0.4, -0.2) is 26.8 Å². The summed E-state index contributed by atoms with van der Waals surface area (Å²) in [7, 11) is 0. The summed E-state index contributed by atoms with van der Waals surface area (Å²) in [6.07, 6.45) is 9.17. The van der Waals surface area contributed by atoms with E-state index in [1.54, 1.807) is 11.3 Å². The van der Waals surface area contributed by atoms with Crippen LogP contribution in [0.2, 0.25) is 0 Å². The first-order chi connectivity index (χ1) is 13.6. The van der Waals surface area contributed by atoms with Gasteiger partial charge < -0.3 is 5.32 Å². The number of amides is 1. The average Bonchev–Trinajstić information content (AvgIpc) is 3.40. The number of anilines is 1. The summed E-state index contributed by atoms with van der Waals surface area (Å²) in [6, 6.07) is 2.29. The van der Waals surface area contributed by atoms with Crippen LogP contribution in [0.15, 0.2) is 5.16 Å². The molecule has 1 amide bonds. The van der Waals surface area contributed by atoms with Crippen molar-refractivity contribution in [2.24, 2.45) is 11.8 Å². The van der Waals surface area contributed by atoms with E-state index in [-0.39, 0.29) is 11.7 Å². The highest BCUT2D eigenvalue weighted by Gasteiger charge is 2.25. The molecule has 28 heavy (non-hydrogen) atoms. The Hall–Kier alpha value is -1.85. The van der Waals surface area contributed by atoms with Crippen LogP contribution in [0.4, 0.5) is 5.00 Å². The van der Waals surface area contributed by atoms with E-state index in [4.69, 9.17) is 0 Å². The van der Waals surface area contributed by atoms with Crippen LogP contribution >= 0.6 is 23.1 Å². The molecule has 0 saturated heterocycles. The summed E-state index contributed by atoms with van der Waals surface area (Å²) < 4.78 is 0. The molecule has 1 saturated carbocycles. The highest BCUT2D eigenvalue weighted by atomic mass is 32.2. The molecule has 0 radical (unpaired) electrons. The van der Waals surface area contributed by atoms with E-state index >= 15 is 0 Å². The highest BCUT2D eigenvalue weighted by molar-refractivity contribution is 7.99. The van der Waals surface area contributed by atoms with E-state index in [0.29, 0.717) is 27.6 Å². The van der Waals surface area contributed by atoms with Gasteiger partial charge in [0.1, 0.15) is 16.9 Å². The van der Waals surface area contributed by atoms with Gasteiger partial charge in [0.05, 0.1) is 11.3 Å². The van der Waals surface area contributed by atoms with Crippen LogP contribution in [0.1, 0.15) is 60.9 Å². The lowest BCUT2D eigenvalue weighted by atomic mass is 9.89. The molecule has 6 nitrogen and oxygen atoms in total. The number of carbonyl (C=O) groups is 1. The molecule has 4 rings (SSSR count). The van der Waals surface area contributed by atoms with E-state index in [1.165, 1.54) is 42.3 Å². The Kier molecular flexibility index (Phi) is 6.02. The van der Waals surface area contributed by atoms with E-state index in [9.17, 15) is 10.1 Å². The summed E-state index contributed by atoms with van der Waals surface area (Å²) in [5.41, 5.74) is 1.79. The minimum atomic E-state index is -0.115. The maximum atomic E-state index is 12.4. The van der Waals surface area contributed by atoms with Gasteiger partial charge in [-0.3, -0.25) is 9.89 Å². The van der Waals surface area contributed by atoms with Crippen LogP contribution in [0.5, 0.6) is 0 Å². The summed E-state index contributed by atoms with van der Waals surface area (Å²) >= 11 is 2.89. The predicted octanol–water partition coefficient (Wildman–Crippen LogP) is 4.33. The number of rotatable bonds is 6. The molecule has 2 N–H and O–H groups in total. The molecule has 1 fully saturated rings. The van der Waals surface area contributed by atoms with Crippen molar-refractivity contribution < 1.29 is 4.79 Å². The number of nitrogens with one attached hydrogen (secondary N) is 2. The lowest BCUT2D eigenvalue weighted by molar-refractivity contribution is -0.113.